The molecular formula is C17H18N2O6. The number of hydrogen-bond donors (Lipinski definition) is 2. The Hall–Kier alpha value is -2.90. The molecule has 1 aromatic rings. The quantitative estimate of drug-likeness (QED) is 0.464. The van der Waals surface area contributed by atoms with Gasteiger partial charge in [-0.1, -0.05) is 12.2 Å². The summed E-state index contributed by atoms with van der Waals surface area (Å²) in [5.41, 5.74) is -0.251. The Kier molecular flexibility index (Phi) is 4.43. The minimum absolute atomic E-state index is 0.0364. The number of aliphatic carboxylic acids is 1. The van der Waals surface area contributed by atoms with Gasteiger partial charge in [-0.25, -0.2) is 0 Å². The molecule has 0 aromatic heterocycles. The highest BCUT2D eigenvalue weighted by atomic mass is 16.6. The SMILES string of the molecule is CCOc1ccc(NC(=O)[C@@H]2[C@H](C(=O)O)[C@H]3C=C[C@H]2C3)c([N+](=O)[O-])c1. The third-order valence-corrected chi connectivity index (χ3v) is 4.78. The van der Waals surface area contributed by atoms with Gasteiger partial charge in [-0.2, -0.15) is 0 Å². The number of fused-ring (bicyclic) bond motifs is 2. The highest BCUT2D eigenvalue weighted by molar-refractivity contribution is 5.98. The van der Waals surface area contributed by atoms with E-state index in [2.05, 4.69) is 5.32 Å². The van der Waals surface area contributed by atoms with Crippen LogP contribution in [-0.2, 0) is 9.59 Å². The molecule has 1 saturated carbocycles. The lowest BCUT2D eigenvalue weighted by atomic mass is 9.82. The first kappa shape index (κ1) is 16.9. The van der Waals surface area contributed by atoms with Gasteiger partial charge in [0.1, 0.15) is 11.4 Å². The summed E-state index contributed by atoms with van der Waals surface area (Å²) in [6.07, 6.45) is 4.33. The van der Waals surface area contributed by atoms with Gasteiger partial charge in [0.2, 0.25) is 5.91 Å². The summed E-state index contributed by atoms with van der Waals surface area (Å²) in [7, 11) is 0. The van der Waals surface area contributed by atoms with Gasteiger partial charge >= 0.3 is 5.97 Å². The Morgan fingerprint density at radius 2 is 2.00 bits per heavy atom. The van der Waals surface area contributed by atoms with Gasteiger partial charge in [-0.3, -0.25) is 19.7 Å². The van der Waals surface area contributed by atoms with Crippen LogP contribution in [0, 0.1) is 33.8 Å². The topological polar surface area (TPSA) is 119 Å². The van der Waals surface area contributed by atoms with Gasteiger partial charge in [-0.15, -0.1) is 0 Å². The molecule has 0 aliphatic heterocycles. The van der Waals surface area contributed by atoms with Crippen molar-refractivity contribution in [1.29, 1.82) is 0 Å². The van der Waals surface area contributed by atoms with E-state index in [0.29, 0.717) is 18.8 Å². The fraction of sp³-hybridized carbons (Fsp3) is 0.412. The van der Waals surface area contributed by atoms with E-state index in [9.17, 15) is 24.8 Å². The van der Waals surface area contributed by atoms with Crippen molar-refractivity contribution < 1.29 is 24.4 Å². The van der Waals surface area contributed by atoms with E-state index in [1.807, 2.05) is 12.2 Å². The molecular weight excluding hydrogens is 328 g/mol. The third kappa shape index (κ3) is 3.07. The number of allylic oxidation sites excluding steroid dienone is 2. The highest BCUT2D eigenvalue weighted by Gasteiger charge is 2.51. The lowest BCUT2D eigenvalue weighted by Gasteiger charge is -2.23. The van der Waals surface area contributed by atoms with E-state index in [4.69, 9.17) is 4.74 Å². The van der Waals surface area contributed by atoms with E-state index in [1.165, 1.54) is 18.2 Å². The molecule has 25 heavy (non-hydrogen) atoms. The molecule has 0 heterocycles. The summed E-state index contributed by atoms with van der Waals surface area (Å²) < 4.78 is 5.24. The molecule has 0 saturated heterocycles. The Morgan fingerprint density at radius 1 is 1.32 bits per heavy atom. The van der Waals surface area contributed by atoms with Crippen LogP contribution in [0.2, 0.25) is 0 Å². The normalized spacial score (nSPS) is 26.4. The molecule has 1 fully saturated rings. The largest absolute Gasteiger partial charge is 0.494 e. The number of hydrogen-bond acceptors (Lipinski definition) is 5. The van der Waals surface area contributed by atoms with Crippen LogP contribution in [0.1, 0.15) is 13.3 Å². The second-order valence-electron chi connectivity index (χ2n) is 6.20. The van der Waals surface area contributed by atoms with Crippen molar-refractivity contribution in [2.24, 2.45) is 23.7 Å². The molecule has 8 nitrogen and oxygen atoms in total. The second-order valence-corrected chi connectivity index (χ2v) is 6.20. The summed E-state index contributed by atoms with van der Waals surface area (Å²) >= 11 is 0. The van der Waals surface area contributed by atoms with Gasteiger partial charge < -0.3 is 15.2 Å². The first-order chi connectivity index (χ1) is 11.9. The van der Waals surface area contributed by atoms with E-state index in [0.717, 1.165) is 0 Å². The average Bonchev–Trinajstić information content (AvgIpc) is 3.17. The summed E-state index contributed by atoms with van der Waals surface area (Å²) in [5.74, 6) is -3.01. The molecule has 3 rings (SSSR count). The van der Waals surface area contributed by atoms with Gasteiger partial charge in [0.25, 0.3) is 5.69 Å². The lowest BCUT2D eigenvalue weighted by molar-refractivity contribution is -0.384. The number of benzene rings is 1. The number of carbonyl (C=O) groups is 2. The number of nitro benzene ring substituents is 1. The minimum Gasteiger partial charge on any atom is -0.494 e. The van der Waals surface area contributed by atoms with Crippen molar-refractivity contribution in [3.63, 3.8) is 0 Å². The molecule has 2 aliphatic carbocycles. The highest BCUT2D eigenvalue weighted by Crippen LogP contribution is 2.48. The second kappa shape index (κ2) is 6.54. The van der Waals surface area contributed by atoms with Crippen molar-refractivity contribution in [3.8, 4) is 5.75 Å². The van der Waals surface area contributed by atoms with E-state index in [-0.39, 0.29) is 23.2 Å². The molecule has 4 atom stereocenters. The molecule has 2 N–H and O–H groups in total. The Bertz CT molecular complexity index is 760. The fourth-order valence-corrected chi connectivity index (χ4v) is 3.76. The molecule has 2 aliphatic rings. The number of nitrogens with one attached hydrogen (secondary N) is 1. The van der Waals surface area contributed by atoms with E-state index >= 15 is 0 Å². The van der Waals surface area contributed by atoms with Crippen molar-refractivity contribution in [3.05, 3.63) is 40.5 Å². The van der Waals surface area contributed by atoms with Gasteiger partial charge in [-0.05, 0) is 37.3 Å². The maximum absolute atomic E-state index is 12.6. The minimum atomic E-state index is -1.02. The first-order valence-corrected chi connectivity index (χ1v) is 8.05. The monoisotopic (exact) mass is 346 g/mol. The number of carboxylic acid groups (broad SMARTS) is 1. The maximum atomic E-state index is 12.6. The fourth-order valence-electron chi connectivity index (χ4n) is 3.76. The van der Waals surface area contributed by atoms with Gasteiger partial charge in [0, 0.05) is 0 Å². The number of ether oxygens (including phenoxy) is 1. The number of anilines is 1. The van der Waals surface area contributed by atoms with Crippen LogP contribution in [0.4, 0.5) is 11.4 Å². The van der Waals surface area contributed by atoms with Crippen molar-refractivity contribution in [2.75, 3.05) is 11.9 Å². The van der Waals surface area contributed by atoms with E-state index < -0.39 is 28.6 Å². The summed E-state index contributed by atoms with van der Waals surface area (Å²) in [4.78, 5) is 34.8. The predicted octanol–water partition coefficient (Wildman–Crippen LogP) is 2.45. The maximum Gasteiger partial charge on any atom is 0.307 e. The molecule has 2 bridgehead atoms. The van der Waals surface area contributed by atoms with Gasteiger partial charge in [0.05, 0.1) is 29.4 Å². The van der Waals surface area contributed by atoms with Crippen LogP contribution in [0.15, 0.2) is 30.4 Å². The van der Waals surface area contributed by atoms with Crippen LogP contribution < -0.4 is 10.1 Å². The molecule has 0 spiro atoms. The molecule has 0 radical (unpaired) electrons. The van der Waals surface area contributed by atoms with Gasteiger partial charge in [0.15, 0.2) is 0 Å². The molecule has 8 heteroatoms. The van der Waals surface area contributed by atoms with Crippen LogP contribution >= 0.6 is 0 Å². The van der Waals surface area contributed by atoms with E-state index in [1.54, 1.807) is 6.92 Å². The predicted molar refractivity (Wildman–Crippen MR) is 88.2 cm³/mol. The molecule has 1 aromatic carbocycles. The average molecular weight is 346 g/mol. The zero-order valence-corrected chi connectivity index (χ0v) is 13.5. The Labute approximate surface area is 143 Å². The number of carboxylic acids is 1. The number of rotatable bonds is 6. The molecule has 0 unspecified atom stereocenters. The zero-order chi connectivity index (χ0) is 18.1. The summed E-state index contributed by atoms with van der Waals surface area (Å²) in [5, 5.41) is 23.2. The number of nitro groups is 1. The van der Waals surface area contributed by atoms with Crippen molar-refractivity contribution in [1.82, 2.24) is 0 Å². The Morgan fingerprint density at radius 3 is 2.60 bits per heavy atom. The van der Waals surface area contributed by atoms with Crippen LogP contribution in [-0.4, -0.2) is 28.5 Å². The standard InChI is InChI=1S/C17H18N2O6/c1-2-25-11-5-6-12(13(8-11)19(23)24)18-16(20)14-9-3-4-10(7-9)15(14)17(21)22/h3-6,8-10,14-15H,2,7H2,1H3,(H,18,20)(H,21,22)/t9-,10-,14-,15+/m0/s1. The number of amides is 1. The molecule has 1 amide bonds. The van der Waals surface area contributed by atoms with Crippen molar-refractivity contribution >= 4 is 23.3 Å². The lowest BCUT2D eigenvalue weighted by Crippen LogP contribution is -2.36. The molecule has 132 valence electrons. The summed E-state index contributed by atoms with van der Waals surface area (Å²) in [6.45, 7) is 2.12. The van der Waals surface area contributed by atoms with Crippen LogP contribution in [0.5, 0.6) is 5.75 Å². The van der Waals surface area contributed by atoms with Crippen molar-refractivity contribution in [2.45, 2.75) is 13.3 Å². The number of carbonyl (C=O) groups excluding carboxylic acids is 1. The Balaban J connectivity index is 1.84. The van der Waals surface area contributed by atoms with Crippen LogP contribution in [0.3, 0.4) is 0 Å². The number of nitrogens with zero attached hydrogens (tertiary/aromatic N) is 1. The van der Waals surface area contributed by atoms with Crippen LogP contribution in [0.25, 0.3) is 0 Å². The summed E-state index contributed by atoms with van der Waals surface area (Å²) in [6, 6.07) is 4.18. The first-order valence-electron chi connectivity index (χ1n) is 8.05. The zero-order valence-electron chi connectivity index (χ0n) is 13.5. The third-order valence-electron chi connectivity index (χ3n) is 4.78. The smallest absolute Gasteiger partial charge is 0.307 e.